The Labute approximate surface area is 103 Å². The predicted octanol–water partition coefficient (Wildman–Crippen LogP) is 0.917. The van der Waals surface area contributed by atoms with Crippen LogP contribution in [0.3, 0.4) is 0 Å². The number of rotatable bonds is 4. The number of ether oxygens (including phenoxy) is 1. The Morgan fingerprint density at radius 1 is 1.41 bits per heavy atom. The highest BCUT2D eigenvalue weighted by molar-refractivity contribution is 5.78. The first-order valence-corrected chi connectivity index (χ1v) is 6.84. The zero-order valence-corrected chi connectivity index (χ0v) is 10.7. The number of carbonyl (C=O) groups excluding carboxylic acids is 1. The van der Waals surface area contributed by atoms with Crippen molar-refractivity contribution in [2.75, 3.05) is 26.3 Å². The molecule has 0 aromatic carbocycles. The van der Waals surface area contributed by atoms with Crippen LogP contribution in [0.15, 0.2) is 0 Å². The molecule has 0 bridgehead atoms. The van der Waals surface area contributed by atoms with E-state index < -0.39 is 0 Å². The summed E-state index contributed by atoms with van der Waals surface area (Å²) in [6.07, 6.45) is 4.34. The molecule has 4 heteroatoms. The Morgan fingerprint density at radius 2 is 2.29 bits per heavy atom. The van der Waals surface area contributed by atoms with Crippen LogP contribution in [0.1, 0.15) is 32.6 Å². The molecule has 0 radical (unpaired) electrons. The molecule has 3 atom stereocenters. The summed E-state index contributed by atoms with van der Waals surface area (Å²) >= 11 is 0. The van der Waals surface area contributed by atoms with E-state index in [0.717, 1.165) is 52.0 Å². The molecule has 0 saturated carbocycles. The second-order valence-electron chi connectivity index (χ2n) is 5.39. The van der Waals surface area contributed by atoms with E-state index in [1.807, 2.05) is 0 Å². The van der Waals surface area contributed by atoms with Gasteiger partial charge < -0.3 is 15.4 Å². The second kappa shape index (κ2) is 6.36. The number of hydrogen-bond acceptors (Lipinski definition) is 3. The van der Waals surface area contributed by atoms with Crippen molar-refractivity contribution in [3.8, 4) is 0 Å². The largest absolute Gasteiger partial charge is 0.381 e. The predicted molar refractivity (Wildman–Crippen MR) is 66.7 cm³/mol. The molecular weight excluding hydrogens is 216 g/mol. The van der Waals surface area contributed by atoms with Gasteiger partial charge >= 0.3 is 0 Å². The Morgan fingerprint density at radius 3 is 2.94 bits per heavy atom. The minimum absolute atomic E-state index is 0.172. The molecule has 2 fully saturated rings. The summed E-state index contributed by atoms with van der Waals surface area (Å²) in [5, 5.41) is 6.42. The average Bonchev–Trinajstić information content (AvgIpc) is 2.83. The lowest BCUT2D eigenvalue weighted by Crippen LogP contribution is -2.44. The highest BCUT2D eigenvalue weighted by Crippen LogP contribution is 2.16. The standard InChI is InChI=1S/C13H24N2O2/c1-10-2-3-12(8-15-10)13(16)14-6-4-11-5-7-17-9-11/h10-12,15H,2-9H2,1H3,(H,14,16). The zero-order valence-electron chi connectivity index (χ0n) is 10.7. The molecule has 0 aliphatic carbocycles. The van der Waals surface area contributed by atoms with Crippen molar-refractivity contribution in [2.45, 2.75) is 38.6 Å². The summed E-state index contributed by atoms with van der Waals surface area (Å²) in [5.74, 6) is 1.05. The molecule has 0 spiro atoms. The first-order valence-electron chi connectivity index (χ1n) is 6.84. The third-order valence-electron chi connectivity index (χ3n) is 3.91. The van der Waals surface area contributed by atoms with Crippen LogP contribution in [0.25, 0.3) is 0 Å². The van der Waals surface area contributed by atoms with Gasteiger partial charge in [0.05, 0.1) is 5.92 Å². The van der Waals surface area contributed by atoms with Crippen LogP contribution >= 0.6 is 0 Å². The number of piperidine rings is 1. The van der Waals surface area contributed by atoms with Crippen molar-refractivity contribution in [2.24, 2.45) is 11.8 Å². The maximum absolute atomic E-state index is 11.9. The maximum Gasteiger partial charge on any atom is 0.224 e. The Bertz CT molecular complexity index is 244. The molecule has 2 aliphatic heterocycles. The van der Waals surface area contributed by atoms with Gasteiger partial charge in [0.15, 0.2) is 0 Å². The maximum atomic E-state index is 11.9. The molecule has 2 aliphatic rings. The minimum atomic E-state index is 0.172. The smallest absolute Gasteiger partial charge is 0.224 e. The van der Waals surface area contributed by atoms with Gasteiger partial charge in [0, 0.05) is 32.3 Å². The molecule has 3 unspecified atom stereocenters. The van der Waals surface area contributed by atoms with Crippen LogP contribution < -0.4 is 10.6 Å². The average molecular weight is 240 g/mol. The van der Waals surface area contributed by atoms with Crippen LogP contribution in [0.5, 0.6) is 0 Å². The normalized spacial score (nSPS) is 33.6. The Balaban J connectivity index is 1.60. The highest BCUT2D eigenvalue weighted by atomic mass is 16.5. The van der Waals surface area contributed by atoms with E-state index in [9.17, 15) is 4.79 Å². The van der Waals surface area contributed by atoms with Crippen molar-refractivity contribution < 1.29 is 9.53 Å². The Kier molecular flexibility index (Phi) is 4.80. The van der Waals surface area contributed by atoms with Gasteiger partial charge in [-0.1, -0.05) is 0 Å². The molecule has 2 rings (SSSR count). The summed E-state index contributed by atoms with van der Waals surface area (Å²) in [7, 11) is 0. The van der Waals surface area contributed by atoms with Crippen molar-refractivity contribution in [3.05, 3.63) is 0 Å². The van der Waals surface area contributed by atoms with E-state index in [1.54, 1.807) is 0 Å². The van der Waals surface area contributed by atoms with E-state index in [0.29, 0.717) is 12.0 Å². The van der Waals surface area contributed by atoms with Crippen LogP contribution in [0, 0.1) is 11.8 Å². The van der Waals surface area contributed by atoms with Crippen LogP contribution in [-0.4, -0.2) is 38.3 Å². The van der Waals surface area contributed by atoms with Gasteiger partial charge in [-0.05, 0) is 38.5 Å². The highest BCUT2D eigenvalue weighted by Gasteiger charge is 2.23. The van der Waals surface area contributed by atoms with Gasteiger partial charge in [-0.25, -0.2) is 0 Å². The number of carbonyl (C=O) groups is 1. The van der Waals surface area contributed by atoms with Crippen LogP contribution in [0.2, 0.25) is 0 Å². The summed E-state index contributed by atoms with van der Waals surface area (Å²) in [5.41, 5.74) is 0. The molecule has 0 aromatic heterocycles. The lowest BCUT2D eigenvalue weighted by atomic mass is 9.94. The zero-order chi connectivity index (χ0) is 12.1. The van der Waals surface area contributed by atoms with Crippen molar-refractivity contribution >= 4 is 5.91 Å². The van der Waals surface area contributed by atoms with Crippen molar-refractivity contribution in [1.82, 2.24) is 10.6 Å². The quantitative estimate of drug-likeness (QED) is 0.768. The molecule has 2 heterocycles. The number of nitrogens with one attached hydrogen (secondary N) is 2. The van der Waals surface area contributed by atoms with Gasteiger partial charge in [-0.2, -0.15) is 0 Å². The topological polar surface area (TPSA) is 50.4 Å². The van der Waals surface area contributed by atoms with Gasteiger partial charge in [0.25, 0.3) is 0 Å². The van der Waals surface area contributed by atoms with E-state index in [1.165, 1.54) is 0 Å². The fourth-order valence-corrected chi connectivity index (χ4v) is 2.58. The van der Waals surface area contributed by atoms with Gasteiger partial charge in [-0.15, -0.1) is 0 Å². The lowest BCUT2D eigenvalue weighted by molar-refractivity contribution is -0.125. The molecule has 4 nitrogen and oxygen atoms in total. The molecule has 17 heavy (non-hydrogen) atoms. The van der Waals surface area contributed by atoms with Crippen LogP contribution in [0.4, 0.5) is 0 Å². The van der Waals surface area contributed by atoms with Gasteiger partial charge in [-0.3, -0.25) is 4.79 Å². The Hall–Kier alpha value is -0.610. The molecule has 1 amide bonds. The summed E-state index contributed by atoms with van der Waals surface area (Å²) in [6, 6.07) is 0.565. The lowest BCUT2D eigenvalue weighted by Gasteiger charge is -2.26. The number of amides is 1. The second-order valence-corrected chi connectivity index (χ2v) is 5.39. The van der Waals surface area contributed by atoms with E-state index >= 15 is 0 Å². The molecule has 98 valence electrons. The third-order valence-corrected chi connectivity index (χ3v) is 3.91. The summed E-state index contributed by atoms with van der Waals surface area (Å²) in [4.78, 5) is 11.9. The van der Waals surface area contributed by atoms with Gasteiger partial charge in [0.2, 0.25) is 5.91 Å². The van der Waals surface area contributed by atoms with Gasteiger partial charge in [0.1, 0.15) is 0 Å². The molecular formula is C13H24N2O2. The monoisotopic (exact) mass is 240 g/mol. The van der Waals surface area contributed by atoms with Crippen molar-refractivity contribution in [3.63, 3.8) is 0 Å². The van der Waals surface area contributed by atoms with E-state index in [-0.39, 0.29) is 11.8 Å². The molecule has 0 aromatic rings. The van der Waals surface area contributed by atoms with E-state index in [4.69, 9.17) is 4.74 Å². The number of hydrogen-bond donors (Lipinski definition) is 2. The fraction of sp³-hybridized carbons (Fsp3) is 0.923. The van der Waals surface area contributed by atoms with Crippen molar-refractivity contribution in [1.29, 1.82) is 0 Å². The SMILES string of the molecule is CC1CCC(C(=O)NCCC2CCOC2)CN1. The fourth-order valence-electron chi connectivity index (χ4n) is 2.58. The minimum Gasteiger partial charge on any atom is -0.381 e. The summed E-state index contributed by atoms with van der Waals surface area (Å²) in [6.45, 7) is 5.58. The first kappa shape index (κ1) is 12.8. The molecule has 2 saturated heterocycles. The van der Waals surface area contributed by atoms with Crippen LogP contribution in [-0.2, 0) is 9.53 Å². The molecule has 2 N–H and O–H groups in total. The summed E-state index contributed by atoms with van der Waals surface area (Å²) < 4.78 is 5.32. The van der Waals surface area contributed by atoms with E-state index in [2.05, 4.69) is 17.6 Å². The third kappa shape index (κ3) is 3.96. The first-order chi connectivity index (χ1) is 8.25.